The van der Waals surface area contributed by atoms with Crippen LogP contribution in [0.3, 0.4) is 0 Å². The SMILES string of the molecule is CC1(C)OB(c2cccc3c2NCS3)OC1(C)C. The molecule has 0 spiro atoms. The maximum atomic E-state index is 6.10. The molecule has 0 atom stereocenters. The molecule has 0 saturated carbocycles. The largest absolute Gasteiger partial charge is 0.497 e. The van der Waals surface area contributed by atoms with Crippen LogP contribution in [0.4, 0.5) is 5.69 Å². The topological polar surface area (TPSA) is 30.5 Å². The van der Waals surface area contributed by atoms with E-state index in [0.717, 1.165) is 11.3 Å². The Morgan fingerprint density at radius 1 is 1.17 bits per heavy atom. The van der Waals surface area contributed by atoms with Gasteiger partial charge >= 0.3 is 7.12 Å². The first kappa shape index (κ1) is 12.4. The summed E-state index contributed by atoms with van der Waals surface area (Å²) in [6.45, 7) is 8.33. The fourth-order valence-electron chi connectivity index (χ4n) is 2.21. The van der Waals surface area contributed by atoms with E-state index in [1.165, 1.54) is 10.6 Å². The van der Waals surface area contributed by atoms with Gasteiger partial charge in [0.1, 0.15) is 0 Å². The predicted octanol–water partition coefficient (Wildman–Crippen LogP) is 2.46. The number of anilines is 1. The summed E-state index contributed by atoms with van der Waals surface area (Å²) in [4.78, 5) is 1.28. The number of hydrogen-bond acceptors (Lipinski definition) is 4. The summed E-state index contributed by atoms with van der Waals surface area (Å²) in [6.07, 6.45) is 0. The molecule has 1 saturated heterocycles. The highest BCUT2D eigenvalue weighted by molar-refractivity contribution is 7.99. The lowest BCUT2D eigenvalue weighted by atomic mass is 9.78. The zero-order chi connectivity index (χ0) is 13.0. The first-order valence-electron chi connectivity index (χ1n) is 6.26. The molecule has 2 aliphatic rings. The third-order valence-electron chi connectivity index (χ3n) is 4.04. The highest BCUT2D eigenvalue weighted by Gasteiger charge is 2.52. The molecule has 2 aliphatic heterocycles. The number of nitrogens with one attached hydrogen (secondary N) is 1. The van der Waals surface area contributed by atoms with Gasteiger partial charge in [0, 0.05) is 16.0 Å². The predicted molar refractivity (Wildman–Crippen MR) is 76.5 cm³/mol. The van der Waals surface area contributed by atoms with Gasteiger partial charge in [-0.25, -0.2) is 0 Å². The first-order valence-corrected chi connectivity index (χ1v) is 7.24. The number of fused-ring (bicyclic) bond motifs is 1. The van der Waals surface area contributed by atoms with Gasteiger partial charge in [-0.15, -0.1) is 11.8 Å². The second kappa shape index (κ2) is 3.92. The van der Waals surface area contributed by atoms with Crippen LogP contribution in [-0.2, 0) is 9.31 Å². The molecule has 0 aliphatic carbocycles. The molecular formula is C13H18BNO2S. The Hall–Kier alpha value is -0.645. The molecule has 1 aromatic carbocycles. The van der Waals surface area contributed by atoms with Crippen LogP contribution in [0.2, 0.25) is 0 Å². The van der Waals surface area contributed by atoms with E-state index >= 15 is 0 Å². The van der Waals surface area contributed by atoms with Crippen molar-refractivity contribution >= 4 is 30.0 Å². The lowest BCUT2D eigenvalue weighted by Gasteiger charge is -2.32. The van der Waals surface area contributed by atoms with Crippen LogP contribution in [0.1, 0.15) is 27.7 Å². The van der Waals surface area contributed by atoms with Gasteiger partial charge in [0.25, 0.3) is 0 Å². The van der Waals surface area contributed by atoms with E-state index in [1.54, 1.807) is 0 Å². The van der Waals surface area contributed by atoms with E-state index in [2.05, 4.69) is 51.2 Å². The van der Waals surface area contributed by atoms with Crippen LogP contribution >= 0.6 is 11.8 Å². The Bertz CT molecular complexity index is 474. The van der Waals surface area contributed by atoms with E-state index in [9.17, 15) is 0 Å². The number of benzene rings is 1. The van der Waals surface area contributed by atoms with Crippen LogP contribution in [-0.4, -0.2) is 24.2 Å². The van der Waals surface area contributed by atoms with Crippen molar-refractivity contribution in [1.82, 2.24) is 0 Å². The number of thioether (sulfide) groups is 1. The molecule has 0 aromatic heterocycles. The van der Waals surface area contributed by atoms with Crippen molar-refractivity contribution in [3.8, 4) is 0 Å². The molecule has 3 nitrogen and oxygen atoms in total. The lowest BCUT2D eigenvalue weighted by Crippen LogP contribution is -2.41. The third-order valence-corrected chi connectivity index (χ3v) is 4.98. The highest BCUT2D eigenvalue weighted by Crippen LogP contribution is 2.39. The summed E-state index contributed by atoms with van der Waals surface area (Å²) in [5.74, 6) is 0.922. The maximum absolute atomic E-state index is 6.10. The molecule has 1 fully saturated rings. The molecule has 1 N–H and O–H groups in total. The van der Waals surface area contributed by atoms with Gasteiger partial charge in [-0.05, 0) is 33.8 Å². The minimum atomic E-state index is -0.286. The average molecular weight is 263 g/mol. The molecule has 18 heavy (non-hydrogen) atoms. The van der Waals surface area contributed by atoms with Gasteiger partial charge in [-0.1, -0.05) is 12.1 Å². The van der Waals surface area contributed by atoms with Crippen LogP contribution in [0, 0.1) is 0 Å². The molecule has 0 unspecified atom stereocenters. The van der Waals surface area contributed by atoms with Crippen molar-refractivity contribution < 1.29 is 9.31 Å². The van der Waals surface area contributed by atoms with Crippen LogP contribution in [0.5, 0.6) is 0 Å². The molecule has 0 amide bonds. The Kier molecular flexibility index (Phi) is 2.70. The minimum Gasteiger partial charge on any atom is -0.399 e. The van der Waals surface area contributed by atoms with E-state index < -0.39 is 0 Å². The second-order valence-electron chi connectivity index (χ2n) is 5.77. The number of para-hydroxylation sites is 1. The van der Waals surface area contributed by atoms with E-state index in [-0.39, 0.29) is 18.3 Å². The van der Waals surface area contributed by atoms with Crippen molar-refractivity contribution in [3.05, 3.63) is 18.2 Å². The monoisotopic (exact) mass is 263 g/mol. The zero-order valence-electron chi connectivity index (χ0n) is 11.2. The molecule has 3 rings (SSSR count). The Morgan fingerprint density at radius 3 is 2.50 bits per heavy atom. The number of rotatable bonds is 1. The summed E-state index contributed by atoms with van der Waals surface area (Å²) >= 11 is 1.82. The van der Waals surface area contributed by atoms with E-state index in [1.807, 2.05) is 11.8 Å². The summed E-state index contributed by atoms with van der Waals surface area (Å²) in [7, 11) is -0.281. The van der Waals surface area contributed by atoms with Crippen molar-refractivity contribution in [2.24, 2.45) is 0 Å². The van der Waals surface area contributed by atoms with E-state index in [4.69, 9.17) is 9.31 Å². The second-order valence-corrected chi connectivity index (χ2v) is 6.79. The molecular weight excluding hydrogens is 245 g/mol. The normalized spacial score (nSPS) is 23.9. The Morgan fingerprint density at radius 2 is 1.83 bits per heavy atom. The van der Waals surface area contributed by atoms with Crippen LogP contribution < -0.4 is 10.8 Å². The standard InChI is InChI=1S/C13H18BNO2S/c1-12(2)13(3,4)17-14(16-12)9-6-5-7-10-11(9)15-8-18-10/h5-7,15H,8H2,1-4H3. The molecule has 0 radical (unpaired) electrons. The van der Waals surface area contributed by atoms with Crippen molar-refractivity contribution in [1.29, 1.82) is 0 Å². The fraction of sp³-hybridized carbons (Fsp3) is 0.538. The molecule has 5 heteroatoms. The Labute approximate surface area is 113 Å². The lowest BCUT2D eigenvalue weighted by molar-refractivity contribution is 0.00578. The fourth-order valence-corrected chi connectivity index (χ4v) is 3.09. The third kappa shape index (κ3) is 1.76. The summed E-state index contributed by atoms with van der Waals surface area (Å²) in [6, 6.07) is 6.29. The van der Waals surface area contributed by atoms with Crippen LogP contribution in [0.15, 0.2) is 23.1 Å². The highest BCUT2D eigenvalue weighted by atomic mass is 32.2. The Balaban J connectivity index is 1.97. The molecule has 96 valence electrons. The summed E-state index contributed by atoms with van der Waals surface area (Å²) in [5.41, 5.74) is 1.70. The van der Waals surface area contributed by atoms with Gasteiger partial charge in [0.05, 0.1) is 17.1 Å². The minimum absolute atomic E-state index is 0.281. The maximum Gasteiger partial charge on any atom is 0.497 e. The van der Waals surface area contributed by atoms with E-state index in [0.29, 0.717) is 0 Å². The van der Waals surface area contributed by atoms with Gasteiger partial charge < -0.3 is 14.6 Å². The van der Waals surface area contributed by atoms with Crippen molar-refractivity contribution in [2.75, 3.05) is 11.2 Å². The summed E-state index contributed by atoms with van der Waals surface area (Å²) < 4.78 is 12.2. The number of hydrogen-bond donors (Lipinski definition) is 1. The first-order chi connectivity index (χ1) is 8.41. The van der Waals surface area contributed by atoms with Crippen LogP contribution in [0.25, 0.3) is 0 Å². The van der Waals surface area contributed by atoms with Crippen molar-refractivity contribution in [3.63, 3.8) is 0 Å². The summed E-state index contributed by atoms with van der Waals surface area (Å²) in [5, 5.41) is 3.40. The van der Waals surface area contributed by atoms with Gasteiger partial charge in [-0.2, -0.15) is 0 Å². The van der Waals surface area contributed by atoms with Gasteiger partial charge in [-0.3, -0.25) is 0 Å². The van der Waals surface area contributed by atoms with Gasteiger partial charge in [0.2, 0.25) is 0 Å². The van der Waals surface area contributed by atoms with Gasteiger partial charge in [0.15, 0.2) is 0 Å². The zero-order valence-corrected chi connectivity index (χ0v) is 12.1. The quantitative estimate of drug-likeness (QED) is 0.788. The average Bonchev–Trinajstić information content (AvgIpc) is 2.81. The smallest absolute Gasteiger partial charge is 0.399 e. The van der Waals surface area contributed by atoms with Crippen molar-refractivity contribution in [2.45, 2.75) is 43.8 Å². The molecule has 1 aromatic rings. The molecule has 2 heterocycles. The molecule has 0 bridgehead atoms.